The Morgan fingerprint density at radius 3 is 2.57 bits per heavy atom. The van der Waals surface area contributed by atoms with Crippen molar-refractivity contribution in [1.29, 1.82) is 0 Å². The zero-order chi connectivity index (χ0) is 16.7. The molecule has 0 bridgehead atoms. The van der Waals surface area contributed by atoms with Crippen LogP contribution in [0.15, 0.2) is 48.5 Å². The Bertz CT molecular complexity index is 685. The number of carbonyl (C=O) groups excluding carboxylic acids is 1. The summed E-state index contributed by atoms with van der Waals surface area (Å²) < 4.78 is 5.06. The molecule has 1 amide bonds. The molecular formula is C17H17NO4S. The lowest BCUT2D eigenvalue weighted by Gasteiger charge is -2.06. The van der Waals surface area contributed by atoms with Crippen LogP contribution in [0.5, 0.6) is 5.75 Å². The van der Waals surface area contributed by atoms with Gasteiger partial charge in [0.25, 0.3) is 0 Å². The summed E-state index contributed by atoms with van der Waals surface area (Å²) >= 11 is 1.43. The Morgan fingerprint density at radius 2 is 1.91 bits per heavy atom. The summed E-state index contributed by atoms with van der Waals surface area (Å²) in [5.74, 6) is 0.555. The first-order valence-corrected chi connectivity index (χ1v) is 8.08. The van der Waals surface area contributed by atoms with Crippen LogP contribution >= 0.6 is 11.8 Å². The van der Waals surface area contributed by atoms with E-state index in [-0.39, 0.29) is 11.5 Å². The monoisotopic (exact) mass is 331 g/mol. The largest absolute Gasteiger partial charge is 0.497 e. The first-order chi connectivity index (χ1) is 11.1. The second-order valence-corrected chi connectivity index (χ2v) is 5.76. The third kappa shape index (κ3) is 5.34. The van der Waals surface area contributed by atoms with Gasteiger partial charge < -0.3 is 15.2 Å². The number of hydrogen-bond donors (Lipinski definition) is 2. The topological polar surface area (TPSA) is 75.6 Å². The lowest BCUT2D eigenvalue weighted by atomic mass is 10.1. The number of carboxylic acids is 1. The SMILES string of the molecule is COc1ccc(NC(=O)CSCc2cccc(C(=O)O)c2)cc1. The van der Waals surface area contributed by atoms with Crippen molar-refractivity contribution >= 4 is 29.3 Å². The average Bonchev–Trinajstić information content (AvgIpc) is 2.56. The van der Waals surface area contributed by atoms with Crippen LogP contribution < -0.4 is 10.1 Å². The number of benzene rings is 2. The maximum atomic E-state index is 11.9. The minimum Gasteiger partial charge on any atom is -0.497 e. The Morgan fingerprint density at radius 1 is 1.17 bits per heavy atom. The number of carboxylic acid groups (broad SMARTS) is 1. The summed E-state index contributed by atoms with van der Waals surface area (Å²) in [6, 6.07) is 13.8. The van der Waals surface area contributed by atoms with Gasteiger partial charge in [-0.05, 0) is 42.0 Å². The number of anilines is 1. The van der Waals surface area contributed by atoms with E-state index in [1.165, 1.54) is 11.8 Å². The maximum absolute atomic E-state index is 11.9. The predicted octanol–water partition coefficient (Wildman–Crippen LogP) is 3.27. The first kappa shape index (κ1) is 16.9. The zero-order valence-electron chi connectivity index (χ0n) is 12.6. The number of rotatable bonds is 7. The molecule has 0 aliphatic heterocycles. The molecule has 0 fully saturated rings. The van der Waals surface area contributed by atoms with E-state index >= 15 is 0 Å². The third-order valence-corrected chi connectivity index (χ3v) is 4.05. The Hall–Kier alpha value is -2.47. The first-order valence-electron chi connectivity index (χ1n) is 6.92. The van der Waals surface area contributed by atoms with Gasteiger partial charge in [0, 0.05) is 11.4 Å². The molecule has 0 radical (unpaired) electrons. The van der Waals surface area contributed by atoms with Crippen LogP contribution in [0.3, 0.4) is 0 Å². The minimum atomic E-state index is -0.950. The van der Waals surface area contributed by atoms with Crippen molar-refractivity contribution in [2.75, 3.05) is 18.2 Å². The predicted molar refractivity (Wildman–Crippen MR) is 91.2 cm³/mol. The van der Waals surface area contributed by atoms with Gasteiger partial charge in [0.2, 0.25) is 5.91 Å². The summed E-state index contributed by atoms with van der Waals surface area (Å²) in [5.41, 5.74) is 1.85. The van der Waals surface area contributed by atoms with E-state index in [4.69, 9.17) is 9.84 Å². The minimum absolute atomic E-state index is 0.102. The lowest BCUT2D eigenvalue weighted by molar-refractivity contribution is -0.113. The summed E-state index contributed by atoms with van der Waals surface area (Å²) in [6.07, 6.45) is 0. The molecule has 0 saturated carbocycles. The van der Waals surface area contributed by atoms with Crippen LogP contribution in [-0.2, 0) is 10.5 Å². The molecule has 0 aromatic heterocycles. The lowest BCUT2D eigenvalue weighted by Crippen LogP contribution is -2.14. The third-order valence-electron chi connectivity index (χ3n) is 3.05. The Kier molecular flexibility index (Phi) is 6.05. The highest BCUT2D eigenvalue weighted by atomic mass is 32.2. The zero-order valence-corrected chi connectivity index (χ0v) is 13.4. The molecule has 0 spiro atoms. The van der Waals surface area contributed by atoms with E-state index in [0.29, 0.717) is 17.2 Å². The Balaban J connectivity index is 1.80. The van der Waals surface area contributed by atoms with Crippen LogP contribution in [0.4, 0.5) is 5.69 Å². The fourth-order valence-electron chi connectivity index (χ4n) is 1.93. The van der Waals surface area contributed by atoms with Crippen LogP contribution in [0, 0.1) is 0 Å². The molecule has 0 heterocycles. The summed E-state index contributed by atoms with van der Waals surface area (Å²) in [5, 5.41) is 11.7. The van der Waals surface area contributed by atoms with Gasteiger partial charge >= 0.3 is 5.97 Å². The van der Waals surface area contributed by atoms with E-state index in [2.05, 4.69) is 5.32 Å². The standard InChI is InChI=1S/C17H17NO4S/c1-22-15-7-5-14(6-8-15)18-16(19)11-23-10-12-3-2-4-13(9-12)17(20)21/h2-9H,10-11H2,1H3,(H,18,19)(H,20,21). The smallest absolute Gasteiger partial charge is 0.335 e. The number of nitrogens with one attached hydrogen (secondary N) is 1. The highest BCUT2D eigenvalue weighted by molar-refractivity contribution is 7.99. The summed E-state index contributed by atoms with van der Waals surface area (Å²) in [6.45, 7) is 0. The summed E-state index contributed by atoms with van der Waals surface area (Å²) in [7, 11) is 1.59. The number of methoxy groups -OCH3 is 1. The highest BCUT2D eigenvalue weighted by Gasteiger charge is 2.06. The van der Waals surface area contributed by atoms with Crippen molar-refractivity contribution < 1.29 is 19.4 Å². The van der Waals surface area contributed by atoms with Gasteiger partial charge in [0.05, 0.1) is 18.4 Å². The molecule has 5 nitrogen and oxygen atoms in total. The van der Waals surface area contributed by atoms with Gasteiger partial charge in [-0.2, -0.15) is 0 Å². The number of thioether (sulfide) groups is 1. The van der Waals surface area contributed by atoms with Crippen molar-refractivity contribution in [3.8, 4) is 5.75 Å². The van der Waals surface area contributed by atoms with E-state index in [0.717, 1.165) is 11.3 Å². The molecule has 0 unspecified atom stereocenters. The van der Waals surface area contributed by atoms with Crippen LogP contribution in [-0.4, -0.2) is 29.8 Å². The van der Waals surface area contributed by atoms with Gasteiger partial charge in [-0.3, -0.25) is 4.79 Å². The second-order valence-electron chi connectivity index (χ2n) is 4.78. The van der Waals surface area contributed by atoms with E-state index in [1.54, 1.807) is 49.6 Å². The number of ether oxygens (including phenoxy) is 1. The molecule has 2 aromatic carbocycles. The molecule has 120 valence electrons. The quantitative estimate of drug-likeness (QED) is 0.814. The fourth-order valence-corrected chi connectivity index (χ4v) is 2.70. The molecule has 2 aromatic rings. The number of hydrogen-bond acceptors (Lipinski definition) is 4. The van der Waals surface area contributed by atoms with Gasteiger partial charge in [-0.25, -0.2) is 4.79 Å². The molecule has 0 aliphatic rings. The second kappa shape index (κ2) is 8.24. The molecular weight excluding hydrogens is 314 g/mol. The number of aromatic carboxylic acids is 1. The molecule has 6 heteroatoms. The van der Waals surface area contributed by atoms with Crippen molar-refractivity contribution in [3.05, 3.63) is 59.7 Å². The van der Waals surface area contributed by atoms with Crippen LogP contribution in [0.2, 0.25) is 0 Å². The maximum Gasteiger partial charge on any atom is 0.335 e. The fraction of sp³-hybridized carbons (Fsp3) is 0.176. The van der Waals surface area contributed by atoms with Crippen LogP contribution in [0.25, 0.3) is 0 Å². The molecule has 2 N–H and O–H groups in total. The molecule has 0 saturated heterocycles. The normalized spacial score (nSPS) is 10.1. The van der Waals surface area contributed by atoms with Crippen molar-refractivity contribution in [1.82, 2.24) is 0 Å². The van der Waals surface area contributed by atoms with E-state index in [9.17, 15) is 9.59 Å². The average molecular weight is 331 g/mol. The highest BCUT2D eigenvalue weighted by Crippen LogP contribution is 2.17. The van der Waals surface area contributed by atoms with Crippen molar-refractivity contribution in [3.63, 3.8) is 0 Å². The van der Waals surface area contributed by atoms with Crippen molar-refractivity contribution in [2.24, 2.45) is 0 Å². The van der Waals surface area contributed by atoms with Crippen LogP contribution in [0.1, 0.15) is 15.9 Å². The molecule has 2 rings (SSSR count). The van der Waals surface area contributed by atoms with Gasteiger partial charge in [-0.15, -0.1) is 11.8 Å². The summed E-state index contributed by atoms with van der Waals surface area (Å²) in [4.78, 5) is 22.8. The molecule has 0 aliphatic carbocycles. The van der Waals surface area contributed by atoms with E-state index < -0.39 is 5.97 Å². The molecule has 0 atom stereocenters. The number of amides is 1. The van der Waals surface area contributed by atoms with Crippen molar-refractivity contribution in [2.45, 2.75) is 5.75 Å². The molecule has 23 heavy (non-hydrogen) atoms. The van der Waals surface area contributed by atoms with Gasteiger partial charge in [0.15, 0.2) is 0 Å². The van der Waals surface area contributed by atoms with Gasteiger partial charge in [-0.1, -0.05) is 12.1 Å². The van der Waals surface area contributed by atoms with Gasteiger partial charge in [0.1, 0.15) is 5.75 Å². The Labute approximate surface area is 138 Å². The number of carbonyl (C=O) groups is 2. The van der Waals surface area contributed by atoms with E-state index in [1.807, 2.05) is 6.07 Å².